The lowest BCUT2D eigenvalue weighted by Gasteiger charge is -2.12. The zero-order chi connectivity index (χ0) is 22.7. The average molecular weight is 467 g/mol. The second-order valence-corrected chi connectivity index (χ2v) is 8.19. The molecule has 0 unspecified atom stereocenters. The molecule has 7 nitrogen and oxygen atoms in total. The summed E-state index contributed by atoms with van der Waals surface area (Å²) in [6.45, 7) is 0.180. The minimum atomic E-state index is -0.546. The zero-order valence-electron chi connectivity index (χ0n) is 16.4. The van der Waals surface area contributed by atoms with Crippen LogP contribution >= 0.6 is 23.4 Å². The first-order valence-corrected chi connectivity index (χ1v) is 10.6. The first-order chi connectivity index (χ1) is 15.4. The Bertz CT molecular complexity index is 1250. The van der Waals surface area contributed by atoms with Crippen LogP contribution in [0.3, 0.4) is 0 Å². The summed E-state index contributed by atoms with van der Waals surface area (Å²) in [4.78, 5) is 37.4. The number of amides is 2. The van der Waals surface area contributed by atoms with E-state index in [0.717, 1.165) is 22.2 Å². The van der Waals surface area contributed by atoms with Crippen LogP contribution in [0.25, 0.3) is 6.08 Å². The molecule has 0 radical (unpaired) electrons. The van der Waals surface area contributed by atoms with Crippen molar-refractivity contribution in [2.24, 2.45) is 0 Å². The molecule has 3 aromatic rings. The van der Waals surface area contributed by atoms with Crippen molar-refractivity contribution in [1.29, 1.82) is 0 Å². The lowest BCUT2D eigenvalue weighted by molar-refractivity contribution is -0.386. The number of nitro groups is 1. The summed E-state index contributed by atoms with van der Waals surface area (Å²) in [7, 11) is 0. The SMILES string of the molecule is O=C1S/C(=C/c2ccc(OCc3ccccc3)c([N+](=O)[O-])c2)C(=O)N1c1cccc(Cl)c1. The molecule has 0 saturated carbocycles. The Hall–Kier alpha value is -3.62. The molecule has 4 rings (SSSR count). The standard InChI is InChI=1S/C23H15ClN2O5S/c24-17-7-4-8-18(13-17)25-22(27)21(32-23(25)28)12-16-9-10-20(19(11-16)26(29)30)31-14-15-5-2-1-3-6-15/h1-13H,14H2/b21-12+. The van der Waals surface area contributed by atoms with Crippen LogP contribution in [0.2, 0.25) is 5.02 Å². The number of hydrogen-bond donors (Lipinski definition) is 0. The lowest BCUT2D eigenvalue weighted by Crippen LogP contribution is -2.27. The fraction of sp³-hybridized carbons (Fsp3) is 0.0435. The number of ether oxygens (including phenoxy) is 1. The number of rotatable bonds is 6. The largest absolute Gasteiger partial charge is 0.482 e. The van der Waals surface area contributed by atoms with E-state index in [-0.39, 0.29) is 22.9 Å². The van der Waals surface area contributed by atoms with E-state index in [1.165, 1.54) is 24.3 Å². The van der Waals surface area contributed by atoms with E-state index in [1.807, 2.05) is 30.3 Å². The summed E-state index contributed by atoms with van der Waals surface area (Å²) in [5, 5.41) is 11.5. The number of carbonyl (C=O) groups excluding carboxylic acids is 2. The third kappa shape index (κ3) is 4.66. The molecule has 0 atom stereocenters. The number of nitrogens with zero attached hydrogens (tertiary/aromatic N) is 2. The van der Waals surface area contributed by atoms with Crippen LogP contribution in [-0.2, 0) is 11.4 Å². The normalized spacial score (nSPS) is 14.8. The van der Waals surface area contributed by atoms with Crippen molar-refractivity contribution in [3.8, 4) is 5.75 Å². The highest BCUT2D eigenvalue weighted by Gasteiger charge is 2.36. The van der Waals surface area contributed by atoms with Crippen molar-refractivity contribution in [3.05, 3.63) is 104 Å². The summed E-state index contributed by atoms with van der Waals surface area (Å²) >= 11 is 6.72. The molecule has 1 fully saturated rings. The van der Waals surface area contributed by atoms with Crippen LogP contribution < -0.4 is 9.64 Å². The Kier molecular flexibility index (Phi) is 6.25. The van der Waals surface area contributed by atoms with Crippen molar-refractivity contribution in [2.75, 3.05) is 4.90 Å². The van der Waals surface area contributed by atoms with Gasteiger partial charge in [0.15, 0.2) is 5.75 Å². The quantitative estimate of drug-likeness (QED) is 0.249. The van der Waals surface area contributed by atoms with Gasteiger partial charge in [0.2, 0.25) is 0 Å². The van der Waals surface area contributed by atoms with Crippen molar-refractivity contribution in [1.82, 2.24) is 0 Å². The predicted octanol–water partition coefficient (Wildman–Crippen LogP) is 6.07. The first kappa shape index (κ1) is 21.6. The van der Waals surface area contributed by atoms with E-state index < -0.39 is 16.1 Å². The van der Waals surface area contributed by atoms with Gasteiger partial charge in [-0.15, -0.1) is 0 Å². The molecule has 1 aliphatic heterocycles. The molecular formula is C23H15ClN2O5S. The molecule has 0 bridgehead atoms. The monoisotopic (exact) mass is 466 g/mol. The zero-order valence-corrected chi connectivity index (χ0v) is 18.0. The highest BCUT2D eigenvalue weighted by atomic mass is 35.5. The summed E-state index contributed by atoms with van der Waals surface area (Å²) < 4.78 is 5.62. The van der Waals surface area contributed by atoms with Gasteiger partial charge in [0.05, 0.1) is 15.5 Å². The number of imide groups is 1. The third-order valence-corrected chi connectivity index (χ3v) is 5.68. The molecule has 9 heteroatoms. The van der Waals surface area contributed by atoms with Gasteiger partial charge in [0.25, 0.3) is 11.1 Å². The minimum Gasteiger partial charge on any atom is -0.482 e. The number of hydrogen-bond acceptors (Lipinski definition) is 6. The summed E-state index contributed by atoms with van der Waals surface area (Å²) in [6.07, 6.45) is 1.45. The van der Waals surface area contributed by atoms with Crippen LogP contribution in [0.4, 0.5) is 16.2 Å². The van der Waals surface area contributed by atoms with Gasteiger partial charge in [-0.3, -0.25) is 19.7 Å². The average Bonchev–Trinajstić information content (AvgIpc) is 3.06. The van der Waals surface area contributed by atoms with E-state index in [4.69, 9.17) is 16.3 Å². The van der Waals surface area contributed by atoms with Crippen LogP contribution in [0.1, 0.15) is 11.1 Å². The number of nitro benzene ring substituents is 1. The third-order valence-electron chi connectivity index (χ3n) is 4.57. The fourth-order valence-electron chi connectivity index (χ4n) is 3.08. The smallest absolute Gasteiger partial charge is 0.311 e. The molecule has 32 heavy (non-hydrogen) atoms. The molecule has 1 heterocycles. The highest BCUT2D eigenvalue weighted by molar-refractivity contribution is 8.19. The van der Waals surface area contributed by atoms with Gasteiger partial charge in [-0.1, -0.05) is 54.1 Å². The fourth-order valence-corrected chi connectivity index (χ4v) is 4.11. The summed E-state index contributed by atoms with van der Waals surface area (Å²) in [6, 6.07) is 20.1. The number of anilines is 1. The predicted molar refractivity (Wildman–Crippen MR) is 124 cm³/mol. The molecule has 3 aromatic carbocycles. The molecular weight excluding hydrogens is 452 g/mol. The van der Waals surface area contributed by atoms with E-state index in [9.17, 15) is 19.7 Å². The van der Waals surface area contributed by atoms with Gasteiger partial charge in [-0.2, -0.15) is 0 Å². The van der Waals surface area contributed by atoms with Crippen LogP contribution in [0, 0.1) is 10.1 Å². The lowest BCUT2D eigenvalue weighted by atomic mass is 10.1. The Morgan fingerprint density at radius 3 is 2.53 bits per heavy atom. The number of halogens is 1. The maximum Gasteiger partial charge on any atom is 0.311 e. The highest BCUT2D eigenvalue weighted by Crippen LogP contribution is 2.37. The molecule has 0 aromatic heterocycles. The second-order valence-electron chi connectivity index (χ2n) is 6.76. The van der Waals surface area contributed by atoms with Crippen LogP contribution in [0.5, 0.6) is 5.75 Å². The van der Waals surface area contributed by atoms with Gasteiger partial charge in [0, 0.05) is 11.1 Å². The molecule has 1 aliphatic rings. The Balaban J connectivity index is 1.58. The van der Waals surface area contributed by atoms with E-state index >= 15 is 0 Å². The number of benzene rings is 3. The second kappa shape index (κ2) is 9.25. The van der Waals surface area contributed by atoms with Gasteiger partial charge < -0.3 is 4.74 Å². The maximum atomic E-state index is 12.8. The summed E-state index contributed by atoms with van der Waals surface area (Å²) in [5.74, 6) is -0.405. The molecule has 0 aliphatic carbocycles. The number of thioether (sulfide) groups is 1. The van der Waals surface area contributed by atoms with Gasteiger partial charge in [0.1, 0.15) is 6.61 Å². The molecule has 2 amide bonds. The van der Waals surface area contributed by atoms with Crippen molar-refractivity contribution < 1.29 is 19.2 Å². The van der Waals surface area contributed by atoms with E-state index in [0.29, 0.717) is 16.3 Å². The van der Waals surface area contributed by atoms with Crippen LogP contribution in [-0.4, -0.2) is 16.1 Å². The maximum absolute atomic E-state index is 12.8. The Morgan fingerprint density at radius 2 is 1.81 bits per heavy atom. The first-order valence-electron chi connectivity index (χ1n) is 9.41. The van der Waals surface area contributed by atoms with Crippen molar-refractivity contribution >= 4 is 52.0 Å². The number of carbonyl (C=O) groups is 2. The Labute approximate surface area is 192 Å². The van der Waals surface area contributed by atoms with Crippen molar-refractivity contribution in [2.45, 2.75) is 6.61 Å². The molecule has 0 spiro atoms. The Morgan fingerprint density at radius 1 is 1.03 bits per heavy atom. The van der Waals surface area contributed by atoms with Gasteiger partial charge in [-0.25, -0.2) is 4.90 Å². The molecule has 160 valence electrons. The minimum absolute atomic E-state index is 0.114. The molecule has 0 N–H and O–H groups in total. The molecule has 1 saturated heterocycles. The topological polar surface area (TPSA) is 89.7 Å². The van der Waals surface area contributed by atoms with E-state index in [1.54, 1.807) is 24.3 Å². The summed E-state index contributed by atoms with van der Waals surface area (Å²) in [5.41, 5.74) is 1.41. The van der Waals surface area contributed by atoms with Gasteiger partial charge in [-0.05, 0) is 53.2 Å². The van der Waals surface area contributed by atoms with Crippen LogP contribution in [0.15, 0.2) is 77.7 Å². The van der Waals surface area contributed by atoms with E-state index in [2.05, 4.69) is 0 Å². The van der Waals surface area contributed by atoms with Crippen molar-refractivity contribution in [3.63, 3.8) is 0 Å². The van der Waals surface area contributed by atoms with Gasteiger partial charge >= 0.3 is 5.69 Å².